The molecular formula is C9H12ClN3O2S. The van der Waals surface area contributed by atoms with Crippen LogP contribution in [0.4, 0.5) is 0 Å². The third-order valence-electron chi connectivity index (χ3n) is 2.52. The van der Waals surface area contributed by atoms with E-state index in [0.29, 0.717) is 12.5 Å². The molecule has 5 nitrogen and oxygen atoms in total. The van der Waals surface area contributed by atoms with Crippen molar-refractivity contribution in [3.05, 3.63) is 17.7 Å². The first kappa shape index (κ1) is 11.8. The molecule has 7 heteroatoms. The van der Waals surface area contributed by atoms with E-state index in [1.165, 1.54) is 16.7 Å². The molecule has 0 unspecified atom stereocenters. The summed E-state index contributed by atoms with van der Waals surface area (Å²) >= 11 is 5.51. The van der Waals surface area contributed by atoms with Crippen LogP contribution in [0.5, 0.6) is 0 Å². The Labute approximate surface area is 99.5 Å². The lowest BCUT2D eigenvalue weighted by molar-refractivity contribution is 0.452. The second kappa shape index (κ2) is 4.27. The smallest absolute Gasteiger partial charge is 0.225 e. The Kier molecular flexibility index (Phi) is 3.14. The standard InChI is InChI=1S/C9H12ClN3O2S/c1-13(6-7-2-3-7)16(14,15)8-4-11-9(10)12-5-8/h4-5,7H,2-3,6H2,1H3. The topological polar surface area (TPSA) is 63.2 Å². The van der Waals surface area contributed by atoms with E-state index in [9.17, 15) is 8.42 Å². The normalized spacial score (nSPS) is 16.7. The van der Waals surface area contributed by atoms with Crippen molar-refractivity contribution in [3.8, 4) is 0 Å². The highest BCUT2D eigenvalue weighted by Crippen LogP contribution is 2.30. The first-order chi connectivity index (χ1) is 7.50. The number of aromatic nitrogens is 2. The Bertz CT molecular complexity index is 470. The van der Waals surface area contributed by atoms with Crippen LogP contribution < -0.4 is 0 Å². The van der Waals surface area contributed by atoms with Crippen LogP contribution in [0, 0.1) is 5.92 Å². The molecule has 0 radical (unpaired) electrons. The van der Waals surface area contributed by atoms with E-state index in [0.717, 1.165) is 12.8 Å². The molecule has 0 aromatic carbocycles. The van der Waals surface area contributed by atoms with Crippen LogP contribution >= 0.6 is 11.6 Å². The molecule has 0 N–H and O–H groups in total. The minimum Gasteiger partial charge on any atom is -0.225 e. The number of halogens is 1. The first-order valence-electron chi connectivity index (χ1n) is 4.94. The van der Waals surface area contributed by atoms with Crippen molar-refractivity contribution in [1.29, 1.82) is 0 Å². The maximum atomic E-state index is 12.0. The number of hydrogen-bond donors (Lipinski definition) is 0. The van der Waals surface area contributed by atoms with Gasteiger partial charge in [-0.05, 0) is 30.4 Å². The van der Waals surface area contributed by atoms with E-state index < -0.39 is 10.0 Å². The summed E-state index contributed by atoms with van der Waals surface area (Å²) < 4.78 is 25.4. The van der Waals surface area contributed by atoms with E-state index >= 15 is 0 Å². The fraction of sp³-hybridized carbons (Fsp3) is 0.556. The molecule has 0 saturated heterocycles. The van der Waals surface area contributed by atoms with Gasteiger partial charge in [0, 0.05) is 13.6 Å². The van der Waals surface area contributed by atoms with E-state index in [2.05, 4.69) is 9.97 Å². The highest BCUT2D eigenvalue weighted by atomic mass is 35.5. The largest absolute Gasteiger partial charge is 0.245 e. The maximum Gasteiger partial charge on any atom is 0.245 e. The first-order valence-corrected chi connectivity index (χ1v) is 6.76. The molecule has 1 aliphatic rings. The van der Waals surface area contributed by atoms with Gasteiger partial charge in [-0.3, -0.25) is 0 Å². The van der Waals surface area contributed by atoms with Crippen molar-refractivity contribution < 1.29 is 8.42 Å². The van der Waals surface area contributed by atoms with E-state index in [1.807, 2.05) is 0 Å². The summed E-state index contributed by atoms with van der Waals surface area (Å²) in [6.45, 7) is 0.560. The molecule has 0 spiro atoms. The third-order valence-corrected chi connectivity index (χ3v) is 4.49. The highest BCUT2D eigenvalue weighted by Gasteiger charge is 2.29. The van der Waals surface area contributed by atoms with Crippen molar-refractivity contribution in [3.63, 3.8) is 0 Å². The van der Waals surface area contributed by atoms with Gasteiger partial charge in [-0.2, -0.15) is 0 Å². The maximum absolute atomic E-state index is 12.0. The lowest BCUT2D eigenvalue weighted by atomic mass is 10.4. The lowest BCUT2D eigenvalue weighted by Crippen LogP contribution is -2.29. The molecule has 1 aliphatic carbocycles. The summed E-state index contributed by atoms with van der Waals surface area (Å²) in [7, 11) is -1.89. The van der Waals surface area contributed by atoms with Gasteiger partial charge < -0.3 is 0 Å². The van der Waals surface area contributed by atoms with Gasteiger partial charge in [-0.25, -0.2) is 22.7 Å². The zero-order valence-corrected chi connectivity index (χ0v) is 10.4. The molecule has 0 atom stereocenters. The summed E-state index contributed by atoms with van der Waals surface area (Å²) in [6.07, 6.45) is 4.68. The van der Waals surface area contributed by atoms with Crippen LogP contribution in [0.1, 0.15) is 12.8 Å². The molecule has 1 aromatic rings. The fourth-order valence-corrected chi connectivity index (χ4v) is 2.61. The summed E-state index contributed by atoms with van der Waals surface area (Å²) in [4.78, 5) is 7.43. The molecule has 0 bridgehead atoms. The van der Waals surface area contributed by atoms with E-state index in [-0.39, 0.29) is 10.2 Å². The van der Waals surface area contributed by atoms with Gasteiger partial charge in [0.05, 0.1) is 12.4 Å². The van der Waals surface area contributed by atoms with Gasteiger partial charge in [0.1, 0.15) is 4.90 Å². The summed E-state index contributed by atoms with van der Waals surface area (Å²) in [5.74, 6) is 0.507. The van der Waals surface area contributed by atoms with Crippen LogP contribution in [0.2, 0.25) is 5.28 Å². The molecule has 1 heterocycles. The number of rotatable bonds is 4. The Morgan fingerprint density at radius 2 is 2.00 bits per heavy atom. The summed E-state index contributed by atoms with van der Waals surface area (Å²) in [6, 6.07) is 0. The minimum atomic E-state index is -3.46. The Balaban J connectivity index is 2.19. The quantitative estimate of drug-likeness (QED) is 0.763. The Morgan fingerprint density at radius 1 is 1.44 bits per heavy atom. The summed E-state index contributed by atoms with van der Waals surface area (Å²) in [5, 5.41) is 0.0452. The summed E-state index contributed by atoms with van der Waals surface area (Å²) in [5.41, 5.74) is 0. The average Bonchev–Trinajstić information content (AvgIpc) is 3.02. The van der Waals surface area contributed by atoms with Gasteiger partial charge in [0.15, 0.2) is 0 Å². The number of nitrogens with zero attached hydrogens (tertiary/aromatic N) is 3. The second-order valence-electron chi connectivity index (χ2n) is 3.92. The molecule has 1 saturated carbocycles. The predicted octanol–water partition coefficient (Wildman–Crippen LogP) is 1.16. The van der Waals surface area contributed by atoms with Crippen LogP contribution in [-0.4, -0.2) is 36.3 Å². The van der Waals surface area contributed by atoms with Gasteiger partial charge in [-0.15, -0.1) is 0 Å². The molecule has 1 aromatic heterocycles. The molecule has 0 aliphatic heterocycles. The lowest BCUT2D eigenvalue weighted by Gasteiger charge is -2.16. The third kappa shape index (κ3) is 2.50. The zero-order valence-electron chi connectivity index (χ0n) is 8.80. The van der Waals surface area contributed by atoms with Crippen molar-refractivity contribution in [1.82, 2.24) is 14.3 Å². The number of hydrogen-bond acceptors (Lipinski definition) is 4. The van der Waals surface area contributed by atoms with Crippen LogP contribution in [0.15, 0.2) is 17.3 Å². The van der Waals surface area contributed by atoms with E-state index in [4.69, 9.17) is 11.6 Å². The van der Waals surface area contributed by atoms with Gasteiger partial charge in [0.25, 0.3) is 0 Å². The Morgan fingerprint density at radius 3 is 2.50 bits per heavy atom. The molecule has 0 amide bonds. The minimum absolute atomic E-state index is 0.0452. The van der Waals surface area contributed by atoms with Crippen molar-refractivity contribution in [2.45, 2.75) is 17.7 Å². The molecular weight excluding hydrogens is 250 g/mol. The average molecular weight is 262 g/mol. The SMILES string of the molecule is CN(CC1CC1)S(=O)(=O)c1cnc(Cl)nc1. The van der Waals surface area contributed by atoms with E-state index in [1.54, 1.807) is 7.05 Å². The number of sulfonamides is 1. The zero-order chi connectivity index (χ0) is 11.8. The fourth-order valence-electron chi connectivity index (χ4n) is 1.38. The van der Waals surface area contributed by atoms with Crippen molar-refractivity contribution in [2.75, 3.05) is 13.6 Å². The monoisotopic (exact) mass is 261 g/mol. The Hall–Kier alpha value is -0.720. The molecule has 16 heavy (non-hydrogen) atoms. The van der Waals surface area contributed by atoms with Crippen LogP contribution in [0.25, 0.3) is 0 Å². The second-order valence-corrected chi connectivity index (χ2v) is 6.30. The van der Waals surface area contributed by atoms with Gasteiger partial charge in [0.2, 0.25) is 15.3 Å². The van der Waals surface area contributed by atoms with Crippen LogP contribution in [0.3, 0.4) is 0 Å². The van der Waals surface area contributed by atoms with Crippen LogP contribution in [-0.2, 0) is 10.0 Å². The highest BCUT2D eigenvalue weighted by molar-refractivity contribution is 7.89. The van der Waals surface area contributed by atoms with Crippen molar-refractivity contribution in [2.24, 2.45) is 5.92 Å². The van der Waals surface area contributed by atoms with Gasteiger partial charge in [-0.1, -0.05) is 0 Å². The van der Waals surface area contributed by atoms with Crippen molar-refractivity contribution >= 4 is 21.6 Å². The van der Waals surface area contributed by atoms with Gasteiger partial charge >= 0.3 is 0 Å². The molecule has 1 fully saturated rings. The molecule has 88 valence electrons. The molecule has 2 rings (SSSR count). The predicted molar refractivity (Wildman–Crippen MR) is 59.6 cm³/mol.